The van der Waals surface area contributed by atoms with E-state index in [2.05, 4.69) is 67.0 Å². The van der Waals surface area contributed by atoms with E-state index in [1.165, 1.54) is 32.1 Å². The fraction of sp³-hybridized carbons (Fsp3) is 0.583. The second kappa shape index (κ2) is 41.9. The zero-order valence-electron chi connectivity index (χ0n) is 36.8. The lowest BCUT2D eigenvalue weighted by Crippen LogP contribution is -2.29. The largest absolute Gasteiger partial charge is 0.472 e. The number of phosphoric acid groups is 1. The molecule has 346 valence electrons. The third-order valence-corrected chi connectivity index (χ3v) is 9.55. The van der Waals surface area contributed by atoms with Crippen molar-refractivity contribution < 1.29 is 58.0 Å². The molecule has 0 aliphatic carbocycles. The van der Waals surface area contributed by atoms with Gasteiger partial charge in [-0.3, -0.25) is 18.6 Å². The summed E-state index contributed by atoms with van der Waals surface area (Å²) in [5.74, 6) is -1.27. The average Bonchev–Trinajstić information content (AvgIpc) is 3.24. The van der Waals surface area contributed by atoms with Crippen LogP contribution < -0.4 is 0 Å². The predicted molar refractivity (Wildman–Crippen MR) is 244 cm³/mol. The van der Waals surface area contributed by atoms with Crippen LogP contribution in [0.1, 0.15) is 129 Å². The van der Waals surface area contributed by atoms with Crippen LogP contribution in [-0.2, 0) is 32.7 Å². The maximum Gasteiger partial charge on any atom is 0.472 e. The smallest absolute Gasteiger partial charge is 0.462 e. The van der Waals surface area contributed by atoms with Crippen LogP contribution in [0.15, 0.2) is 109 Å². The van der Waals surface area contributed by atoms with Gasteiger partial charge in [0.2, 0.25) is 0 Å². The number of rotatable bonds is 39. The fourth-order valence-corrected chi connectivity index (χ4v) is 5.90. The van der Waals surface area contributed by atoms with Crippen molar-refractivity contribution >= 4 is 19.8 Å². The lowest BCUT2D eigenvalue weighted by atomic mass is 10.1. The monoisotopic (exact) mass is 877 g/mol. The van der Waals surface area contributed by atoms with E-state index in [9.17, 15) is 34.4 Å². The maximum absolute atomic E-state index is 12.6. The van der Waals surface area contributed by atoms with Gasteiger partial charge in [-0.05, 0) is 77.0 Å². The number of phosphoric ester groups is 1. The number of esters is 2. The van der Waals surface area contributed by atoms with Crippen molar-refractivity contribution in [1.82, 2.24) is 0 Å². The summed E-state index contributed by atoms with van der Waals surface area (Å²) in [5, 5.41) is 38.6. The van der Waals surface area contributed by atoms with E-state index in [-0.39, 0.29) is 19.3 Å². The normalized spacial score (nSPS) is 15.9. The van der Waals surface area contributed by atoms with Crippen molar-refractivity contribution in [1.29, 1.82) is 0 Å². The van der Waals surface area contributed by atoms with Crippen molar-refractivity contribution in [2.45, 2.75) is 154 Å². The molecule has 0 aromatic carbocycles. The van der Waals surface area contributed by atoms with Crippen molar-refractivity contribution in [3.8, 4) is 0 Å². The topological polar surface area (TPSA) is 189 Å². The van der Waals surface area contributed by atoms with Gasteiger partial charge in [0, 0.05) is 12.8 Å². The average molecular weight is 877 g/mol. The van der Waals surface area contributed by atoms with Crippen LogP contribution in [-0.4, -0.2) is 88.1 Å². The van der Waals surface area contributed by atoms with Crippen LogP contribution in [0.2, 0.25) is 0 Å². The highest BCUT2D eigenvalue weighted by atomic mass is 31.2. The third kappa shape index (κ3) is 41.7. The molecule has 0 spiro atoms. The zero-order valence-corrected chi connectivity index (χ0v) is 37.7. The summed E-state index contributed by atoms with van der Waals surface area (Å²) < 4.78 is 32.4. The molecule has 13 heteroatoms. The molecule has 0 bridgehead atoms. The molecule has 0 aliphatic rings. The van der Waals surface area contributed by atoms with Gasteiger partial charge >= 0.3 is 19.8 Å². The molecule has 61 heavy (non-hydrogen) atoms. The summed E-state index contributed by atoms with van der Waals surface area (Å²) in [5.41, 5.74) is 0. The van der Waals surface area contributed by atoms with Gasteiger partial charge in [0.05, 0.1) is 32.0 Å². The first kappa shape index (κ1) is 57.5. The van der Waals surface area contributed by atoms with Gasteiger partial charge in [0.15, 0.2) is 6.10 Å². The molecule has 1 unspecified atom stereocenters. The Morgan fingerprint density at radius 3 is 1.64 bits per heavy atom. The second-order valence-electron chi connectivity index (χ2n) is 14.4. The Bertz CT molecular complexity index is 1410. The summed E-state index contributed by atoms with van der Waals surface area (Å²) in [4.78, 5) is 35.0. The molecule has 0 amide bonds. The molecular weight excluding hydrogens is 799 g/mol. The zero-order chi connectivity index (χ0) is 45.1. The third-order valence-electron chi connectivity index (χ3n) is 8.60. The van der Waals surface area contributed by atoms with E-state index in [0.717, 1.165) is 38.5 Å². The summed E-state index contributed by atoms with van der Waals surface area (Å²) in [6, 6.07) is 0. The van der Waals surface area contributed by atoms with E-state index >= 15 is 0 Å². The molecule has 5 atom stereocenters. The van der Waals surface area contributed by atoms with Crippen molar-refractivity contribution in [3.63, 3.8) is 0 Å². The van der Waals surface area contributed by atoms with Crippen LogP contribution in [0.4, 0.5) is 0 Å². The Hall–Kier alpha value is -3.45. The van der Waals surface area contributed by atoms with Crippen LogP contribution in [0.5, 0.6) is 0 Å². The molecule has 0 aliphatic heterocycles. The van der Waals surface area contributed by atoms with Crippen molar-refractivity contribution in [2.75, 3.05) is 26.4 Å². The minimum absolute atomic E-state index is 0.00122. The Balaban J connectivity index is 4.69. The minimum atomic E-state index is -4.71. The Labute approximate surface area is 366 Å². The standard InChI is InChI=1S/C48H77O12P/c1-3-5-7-9-11-12-13-14-15-16-17-18-19-20-21-22-23-25-31-37-48(54)60-46(42-59-61(55,56)58-40-45(52)39-49)41-57-47(53)38-32-36-44(51)35-30-27-26-29-34-43(50)33-28-24-10-8-6-4-2/h11-12,14-15,17-18,20-21,23-30,34-35,43-46,49-52H,3-10,13,16,19,22,31-33,36-42H2,1-2H3,(H,55,56)/b12-11-,15-14-,18-17-,21-20-,25-23-,27-26+,28-24-,34-29+,35-30-/t43-,44-,45+,46-/m1/s1. The number of hydrogen-bond acceptors (Lipinski definition) is 11. The van der Waals surface area contributed by atoms with Gasteiger partial charge in [-0.25, -0.2) is 4.57 Å². The summed E-state index contributed by atoms with van der Waals surface area (Å²) in [7, 11) is -4.71. The van der Waals surface area contributed by atoms with E-state index < -0.39 is 70.6 Å². The lowest BCUT2D eigenvalue weighted by molar-refractivity contribution is -0.161. The van der Waals surface area contributed by atoms with E-state index in [1.807, 2.05) is 24.3 Å². The first-order valence-corrected chi connectivity index (χ1v) is 23.6. The highest BCUT2D eigenvalue weighted by molar-refractivity contribution is 7.47. The van der Waals surface area contributed by atoms with Gasteiger partial charge in [0.25, 0.3) is 0 Å². The SMILES string of the molecule is CCCCC/C=C\C/C=C\C/C=C\C/C=C\C/C=C\CCC(=O)O[C@H](COC(=O)CCC[C@H](O)\C=C/C=C/C=C/[C@H](O)C/C=C\CCCCC)COP(=O)(O)OC[C@@H](O)CO. The number of allylic oxidation sites excluding steroid dienone is 15. The number of aliphatic hydroxyl groups excluding tert-OH is 4. The number of unbranched alkanes of at least 4 members (excludes halogenated alkanes) is 6. The lowest BCUT2D eigenvalue weighted by Gasteiger charge is -2.20. The molecule has 0 saturated carbocycles. The Morgan fingerprint density at radius 1 is 0.574 bits per heavy atom. The van der Waals surface area contributed by atoms with Crippen LogP contribution in [0, 0.1) is 0 Å². The van der Waals surface area contributed by atoms with Crippen LogP contribution >= 0.6 is 7.82 Å². The van der Waals surface area contributed by atoms with Crippen molar-refractivity contribution in [2.24, 2.45) is 0 Å². The highest BCUT2D eigenvalue weighted by Crippen LogP contribution is 2.43. The molecule has 0 heterocycles. The predicted octanol–water partition coefficient (Wildman–Crippen LogP) is 9.72. The maximum atomic E-state index is 12.6. The Morgan fingerprint density at radius 2 is 1.08 bits per heavy atom. The van der Waals surface area contributed by atoms with E-state index in [4.69, 9.17) is 19.1 Å². The minimum Gasteiger partial charge on any atom is -0.462 e. The van der Waals surface area contributed by atoms with E-state index in [0.29, 0.717) is 25.7 Å². The molecule has 0 aromatic heterocycles. The molecule has 0 aromatic rings. The molecular formula is C48H77O12P. The molecule has 0 fully saturated rings. The van der Waals surface area contributed by atoms with Gasteiger partial charge in [-0.2, -0.15) is 0 Å². The number of carbonyl (C=O) groups is 2. The van der Waals surface area contributed by atoms with E-state index in [1.54, 1.807) is 36.5 Å². The molecule has 5 N–H and O–H groups in total. The summed E-state index contributed by atoms with van der Waals surface area (Å²) in [6.07, 6.45) is 45.5. The quantitative estimate of drug-likeness (QED) is 0.0129. The second-order valence-corrected chi connectivity index (χ2v) is 15.9. The number of ether oxygens (including phenoxy) is 2. The first-order valence-electron chi connectivity index (χ1n) is 22.1. The number of hydrogen-bond donors (Lipinski definition) is 5. The molecule has 0 radical (unpaired) electrons. The number of aliphatic hydroxyl groups is 4. The van der Waals surface area contributed by atoms with Gasteiger partial charge in [-0.1, -0.05) is 149 Å². The summed E-state index contributed by atoms with van der Waals surface area (Å²) >= 11 is 0. The Kier molecular flexibility index (Phi) is 39.5. The van der Waals surface area contributed by atoms with Gasteiger partial charge in [0.1, 0.15) is 12.7 Å². The summed E-state index contributed by atoms with van der Waals surface area (Å²) in [6.45, 7) is 1.90. The molecule has 12 nitrogen and oxygen atoms in total. The van der Waals surface area contributed by atoms with Gasteiger partial charge in [-0.15, -0.1) is 0 Å². The van der Waals surface area contributed by atoms with Crippen molar-refractivity contribution in [3.05, 3.63) is 109 Å². The van der Waals surface area contributed by atoms with Crippen LogP contribution in [0.25, 0.3) is 0 Å². The molecule has 0 rings (SSSR count). The van der Waals surface area contributed by atoms with Gasteiger partial charge < -0.3 is 34.8 Å². The fourth-order valence-electron chi connectivity index (χ4n) is 5.11. The van der Waals surface area contributed by atoms with Crippen LogP contribution in [0.3, 0.4) is 0 Å². The number of carbonyl (C=O) groups excluding carboxylic acids is 2. The highest BCUT2D eigenvalue weighted by Gasteiger charge is 2.27. The first-order chi connectivity index (χ1) is 29.5. The molecule has 0 saturated heterocycles.